The zero-order valence-electron chi connectivity index (χ0n) is 21.6. The SMILES string of the molecule is Cc1ccnc(Cn2c(-c3ccc(OCCCN4CC(O)C4)cc3Cl)nc3c(OC4(C)CC4)ncnc32)c1. The molecule has 1 aliphatic carbocycles. The van der Waals surface area contributed by atoms with Crippen LogP contribution in [0.15, 0.2) is 42.9 Å². The Morgan fingerprint density at radius 2 is 1.97 bits per heavy atom. The van der Waals surface area contributed by atoms with Crippen molar-refractivity contribution in [2.45, 2.75) is 51.4 Å². The minimum Gasteiger partial charge on any atom is -0.493 e. The van der Waals surface area contributed by atoms with Gasteiger partial charge in [0, 0.05) is 31.4 Å². The number of aliphatic hydroxyl groups excluding tert-OH is 1. The quantitative estimate of drug-likeness (QED) is 0.301. The van der Waals surface area contributed by atoms with E-state index in [1.165, 1.54) is 6.33 Å². The average Bonchev–Trinajstić information content (AvgIpc) is 3.49. The van der Waals surface area contributed by atoms with E-state index in [1.807, 2.05) is 42.0 Å². The molecule has 1 saturated heterocycles. The van der Waals surface area contributed by atoms with Crippen LogP contribution < -0.4 is 9.47 Å². The van der Waals surface area contributed by atoms with Crippen LogP contribution >= 0.6 is 11.6 Å². The van der Waals surface area contributed by atoms with E-state index in [9.17, 15) is 5.11 Å². The van der Waals surface area contributed by atoms with Crippen molar-refractivity contribution in [3.8, 4) is 23.0 Å². The van der Waals surface area contributed by atoms with Gasteiger partial charge in [-0.3, -0.25) is 9.88 Å². The molecule has 10 heteroatoms. The highest BCUT2D eigenvalue weighted by molar-refractivity contribution is 6.33. The van der Waals surface area contributed by atoms with Gasteiger partial charge in [0.2, 0.25) is 5.88 Å². The minimum atomic E-state index is -0.199. The molecule has 1 aromatic carbocycles. The first kappa shape index (κ1) is 25.0. The van der Waals surface area contributed by atoms with Gasteiger partial charge in [0.1, 0.15) is 23.5 Å². The van der Waals surface area contributed by atoms with E-state index >= 15 is 0 Å². The van der Waals surface area contributed by atoms with Crippen molar-refractivity contribution in [1.82, 2.24) is 29.4 Å². The van der Waals surface area contributed by atoms with Crippen molar-refractivity contribution in [3.05, 3.63) is 59.1 Å². The third-order valence-electron chi connectivity index (χ3n) is 7.09. The summed E-state index contributed by atoms with van der Waals surface area (Å²) in [7, 11) is 0. The van der Waals surface area contributed by atoms with Crippen LogP contribution in [0.2, 0.25) is 5.02 Å². The molecule has 0 bridgehead atoms. The molecule has 3 aromatic heterocycles. The molecule has 0 atom stereocenters. The first-order valence-corrected chi connectivity index (χ1v) is 13.4. The summed E-state index contributed by atoms with van der Waals surface area (Å²) >= 11 is 6.81. The Bertz CT molecular complexity index is 1460. The van der Waals surface area contributed by atoms with Gasteiger partial charge < -0.3 is 19.1 Å². The van der Waals surface area contributed by atoms with Gasteiger partial charge in [-0.2, -0.15) is 4.98 Å². The van der Waals surface area contributed by atoms with Gasteiger partial charge in [-0.15, -0.1) is 0 Å². The van der Waals surface area contributed by atoms with Crippen LogP contribution in [-0.2, 0) is 6.54 Å². The van der Waals surface area contributed by atoms with Crippen molar-refractivity contribution in [1.29, 1.82) is 0 Å². The molecule has 6 rings (SSSR count). The second-order valence-electron chi connectivity index (χ2n) is 10.5. The smallest absolute Gasteiger partial charge is 0.245 e. The molecule has 2 aliphatic rings. The number of hydrogen-bond acceptors (Lipinski definition) is 8. The second kappa shape index (κ2) is 10.1. The number of fused-ring (bicyclic) bond motifs is 1. The van der Waals surface area contributed by atoms with Gasteiger partial charge in [0.15, 0.2) is 11.2 Å². The Balaban J connectivity index is 1.30. The standard InChI is InChI=1S/C28H31ClN6O3/c1-18-6-9-30-19(12-18)14-35-25(33-24-26(35)31-17-32-27(24)38-28(2)7-8-28)22-5-4-21(13-23(22)29)37-11-3-10-34-15-20(36)16-34/h4-6,9,12-13,17,20,36H,3,7-8,10-11,14-16H2,1-2H3. The van der Waals surface area contributed by atoms with Crippen LogP contribution in [0.1, 0.15) is 37.4 Å². The van der Waals surface area contributed by atoms with E-state index in [-0.39, 0.29) is 11.7 Å². The third-order valence-corrected chi connectivity index (χ3v) is 7.41. The van der Waals surface area contributed by atoms with Crippen LogP contribution in [-0.4, -0.2) is 72.5 Å². The summed E-state index contributed by atoms with van der Waals surface area (Å²) in [5.41, 5.74) is 3.87. The molecule has 1 N–H and O–H groups in total. The summed E-state index contributed by atoms with van der Waals surface area (Å²) in [6.45, 7) is 7.58. The molecule has 4 heterocycles. The third kappa shape index (κ3) is 5.32. The summed E-state index contributed by atoms with van der Waals surface area (Å²) in [6, 6.07) is 9.70. The molecular weight excluding hydrogens is 504 g/mol. The normalized spacial score (nSPS) is 16.9. The fourth-order valence-electron chi connectivity index (χ4n) is 4.67. The van der Waals surface area contributed by atoms with Crippen LogP contribution in [0.3, 0.4) is 0 Å². The van der Waals surface area contributed by atoms with E-state index in [2.05, 4.69) is 32.8 Å². The Hall–Kier alpha value is -3.27. The van der Waals surface area contributed by atoms with Gasteiger partial charge in [-0.1, -0.05) is 11.6 Å². The maximum absolute atomic E-state index is 9.42. The fourth-order valence-corrected chi connectivity index (χ4v) is 4.93. The summed E-state index contributed by atoms with van der Waals surface area (Å²) < 4.78 is 14.2. The number of β-amino-alcohol motifs (C(OH)–C–C–N with tert-alkyl or cyclic N) is 1. The first-order chi connectivity index (χ1) is 18.4. The van der Waals surface area contributed by atoms with Crippen LogP contribution in [0.4, 0.5) is 0 Å². The Morgan fingerprint density at radius 3 is 2.71 bits per heavy atom. The zero-order chi connectivity index (χ0) is 26.3. The molecule has 0 radical (unpaired) electrons. The molecule has 2 fully saturated rings. The minimum absolute atomic E-state index is 0.182. The highest BCUT2D eigenvalue weighted by atomic mass is 35.5. The number of imidazole rings is 1. The summed E-state index contributed by atoms with van der Waals surface area (Å²) in [6.07, 6.45) is 6.02. The van der Waals surface area contributed by atoms with Crippen LogP contribution in [0, 0.1) is 6.92 Å². The zero-order valence-corrected chi connectivity index (χ0v) is 22.4. The molecule has 0 amide bonds. The topological polar surface area (TPSA) is 98.4 Å². The number of pyridine rings is 1. The van der Waals surface area contributed by atoms with Gasteiger partial charge in [-0.05, 0) is 69.0 Å². The number of aliphatic hydroxyl groups is 1. The van der Waals surface area contributed by atoms with Crippen LogP contribution in [0.5, 0.6) is 11.6 Å². The highest BCUT2D eigenvalue weighted by Crippen LogP contribution is 2.41. The monoisotopic (exact) mass is 534 g/mol. The molecule has 198 valence electrons. The number of hydrogen-bond donors (Lipinski definition) is 1. The van der Waals surface area contributed by atoms with E-state index in [0.717, 1.165) is 55.7 Å². The number of rotatable bonds is 10. The summed E-state index contributed by atoms with van der Waals surface area (Å²) in [4.78, 5) is 20.7. The molecule has 0 unspecified atom stereocenters. The molecule has 9 nitrogen and oxygen atoms in total. The van der Waals surface area contributed by atoms with Gasteiger partial charge in [-0.25, -0.2) is 9.97 Å². The number of ether oxygens (including phenoxy) is 2. The fraction of sp³-hybridized carbons (Fsp3) is 0.429. The number of aromatic nitrogens is 5. The largest absolute Gasteiger partial charge is 0.493 e. The predicted octanol–water partition coefficient (Wildman–Crippen LogP) is 4.28. The summed E-state index contributed by atoms with van der Waals surface area (Å²) in [5, 5.41) is 9.95. The lowest BCUT2D eigenvalue weighted by Crippen LogP contribution is -2.50. The second-order valence-corrected chi connectivity index (χ2v) is 10.9. The van der Waals surface area contributed by atoms with Gasteiger partial charge in [0.25, 0.3) is 0 Å². The van der Waals surface area contributed by atoms with E-state index in [1.54, 1.807) is 0 Å². The number of benzene rings is 1. The van der Waals surface area contributed by atoms with Crippen LogP contribution in [0.25, 0.3) is 22.6 Å². The molecule has 1 aliphatic heterocycles. The molecular formula is C28H31ClN6O3. The van der Waals surface area contributed by atoms with E-state index in [0.29, 0.717) is 46.8 Å². The Labute approximate surface area is 226 Å². The van der Waals surface area contributed by atoms with Gasteiger partial charge >= 0.3 is 0 Å². The van der Waals surface area contributed by atoms with Crippen molar-refractivity contribution in [2.75, 3.05) is 26.2 Å². The lowest BCUT2D eigenvalue weighted by molar-refractivity contribution is 0.0000476. The molecule has 38 heavy (non-hydrogen) atoms. The van der Waals surface area contributed by atoms with E-state index < -0.39 is 0 Å². The summed E-state index contributed by atoms with van der Waals surface area (Å²) in [5.74, 6) is 1.86. The predicted molar refractivity (Wildman–Crippen MR) is 145 cm³/mol. The highest BCUT2D eigenvalue weighted by Gasteiger charge is 2.41. The number of nitrogens with zero attached hydrogens (tertiary/aromatic N) is 6. The maximum atomic E-state index is 9.42. The first-order valence-electron chi connectivity index (χ1n) is 13.0. The number of likely N-dealkylation sites (tertiary alicyclic amines) is 1. The molecule has 4 aromatic rings. The average molecular weight is 535 g/mol. The van der Waals surface area contributed by atoms with Gasteiger partial charge in [0.05, 0.1) is 30.0 Å². The van der Waals surface area contributed by atoms with Crippen molar-refractivity contribution in [3.63, 3.8) is 0 Å². The van der Waals surface area contributed by atoms with Crippen molar-refractivity contribution < 1.29 is 14.6 Å². The number of halogens is 1. The van der Waals surface area contributed by atoms with E-state index in [4.69, 9.17) is 26.1 Å². The Kier molecular flexibility index (Phi) is 6.67. The van der Waals surface area contributed by atoms with Crippen molar-refractivity contribution in [2.24, 2.45) is 0 Å². The lowest BCUT2D eigenvalue weighted by atomic mass is 10.1. The Morgan fingerprint density at radius 1 is 1.13 bits per heavy atom. The molecule has 1 saturated carbocycles. The molecule has 0 spiro atoms. The lowest BCUT2D eigenvalue weighted by Gasteiger charge is -2.35. The van der Waals surface area contributed by atoms with Crippen molar-refractivity contribution >= 4 is 22.8 Å². The maximum Gasteiger partial charge on any atom is 0.245 e. The number of aryl methyl sites for hydroxylation is 1.